The number of benzene rings is 2. The molecule has 0 spiro atoms. The molecule has 4 heteroatoms. The van der Waals surface area contributed by atoms with Gasteiger partial charge in [0.1, 0.15) is 11.6 Å². The first kappa shape index (κ1) is 18.7. The highest BCUT2D eigenvalue weighted by molar-refractivity contribution is 7.80. The maximum Gasteiger partial charge on any atom is 0.161 e. The van der Waals surface area contributed by atoms with E-state index in [1.165, 1.54) is 31.2 Å². The van der Waals surface area contributed by atoms with Gasteiger partial charge in [0.15, 0.2) is 11.5 Å². The molecule has 1 fully saturated rings. The van der Waals surface area contributed by atoms with Crippen LogP contribution in [-0.2, 0) is 6.61 Å². The van der Waals surface area contributed by atoms with E-state index in [1.807, 2.05) is 18.2 Å². The van der Waals surface area contributed by atoms with E-state index in [0.717, 1.165) is 40.7 Å². The van der Waals surface area contributed by atoms with Crippen LogP contribution in [0.2, 0.25) is 0 Å². The normalized spacial score (nSPS) is 14.6. The lowest BCUT2D eigenvalue weighted by atomic mass is 10.1. The van der Waals surface area contributed by atoms with Gasteiger partial charge in [0.25, 0.3) is 0 Å². The summed E-state index contributed by atoms with van der Waals surface area (Å²) in [5, 5.41) is 0. The molecule has 0 aliphatic carbocycles. The molecule has 2 aromatic rings. The first-order valence-corrected chi connectivity index (χ1v) is 9.74. The van der Waals surface area contributed by atoms with Crippen molar-refractivity contribution in [2.75, 3.05) is 20.2 Å². The molecule has 3 rings (SSSR count). The van der Waals surface area contributed by atoms with Crippen LogP contribution in [0.1, 0.15) is 42.4 Å². The maximum atomic E-state index is 5.97. The van der Waals surface area contributed by atoms with Crippen LogP contribution in [0.5, 0.6) is 11.5 Å². The van der Waals surface area contributed by atoms with Crippen LogP contribution in [-0.4, -0.2) is 30.1 Å². The van der Waals surface area contributed by atoms with Crippen molar-refractivity contribution in [3.05, 3.63) is 59.2 Å². The van der Waals surface area contributed by atoms with Crippen molar-refractivity contribution in [1.29, 1.82) is 0 Å². The number of aryl methyl sites for hydroxylation is 1. The summed E-state index contributed by atoms with van der Waals surface area (Å²) < 4.78 is 11.5. The Morgan fingerprint density at radius 3 is 2.31 bits per heavy atom. The topological polar surface area (TPSA) is 21.7 Å². The molecule has 26 heavy (non-hydrogen) atoms. The Kier molecular flexibility index (Phi) is 6.51. The Hall–Kier alpha value is -2.07. The molecule has 0 atom stereocenters. The molecular formula is C22H27NO2S. The summed E-state index contributed by atoms with van der Waals surface area (Å²) in [4.78, 5) is 3.24. The minimum Gasteiger partial charge on any atom is -0.493 e. The maximum absolute atomic E-state index is 5.97. The summed E-state index contributed by atoms with van der Waals surface area (Å²) >= 11 is 5.73. The van der Waals surface area contributed by atoms with Crippen LogP contribution < -0.4 is 9.47 Å². The smallest absolute Gasteiger partial charge is 0.161 e. The Morgan fingerprint density at radius 1 is 0.962 bits per heavy atom. The number of hydrogen-bond donors (Lipinski definition) is 0. The second kappa shape index (κ2) is 9.04. The van der Waals surface area contributed by atoms with Gasteiger partial charge >= 0.3 is 0 Å². The van der Waals surface area contributed by atoms with Crippen molar-refractivity contribution in [2.45, 2.75) is 39.2 Å². The average molecular weight is 370 g/mol. The summed E-state index contributed by atoms with van der Waals surface area (Å²) in [6.45, 7) is 4.70. The third kappa shape index (κ3) is 4.76. The zero-order valence-corrected chi connectivity index (χ0v) is 16.5. The standard InChI is InChI=1S/C22H27NO2S/c1-17-7-9-18(10-8-17)16-25-20-12-11-19(15-21(20)24-2)22(26)23-13-5-3-4-6-14-23/h7-12,15H,3-6,13-14,16H2,1-2H3. The Bertz CT molecular complexity index is 734. The van der Waals surface area contributed by atoms with E-state index >= 15 is 0 Å². The van der Waals surface area contributed by atoms with Crippen molar-refractivity contribution < 1.29 is 9.47 Å². The Labute approximate surface area is 161 Å². The third-order valence-corrected chi connectivity index (χ3v) is 5.31. The molecule has 138 valence electrons. The molecular weight excluding hydrogens is 342 g/mol. The molecule has 0 N–H and O–H groups in total. The highest BCUT2D eigenvalue weighted by Crippen LogP contribution is 2.30. The fraction of sp³-hybridized carbons (Fsp3) is 0.409. The summed E-state index contributed by atoms with van der Waals surface area (Å²) in [6, 6.07) is 14.4. The second-order valence-electron chi connectivity index (χ2n) is 6.85. The molecule has 0 aromatic heterocycles. The first-order chi connectivity index (χ1) is 12.7. The van der Waals surface area contributed by atoms with Crippen LogP contribution in [0, 0.1) is 6.92 Å². The third-order valence-electron chi connectivity index (χ3n) is 4.82. The number of methoxy groups -OCH3 is 1. The molecule has 0 radical (unpaired) electrons. The van der Waals surface area contributed by atoms with Crippen LogP contribution in [0.3, 0.4) is 0 Å². The van der Waals surface area contributed by atoms with E-state index in [0.29, 0.717) is 6.61 Å². The fourth-order valence-electron chi connectivity index (χ4n) is 3.22. The highest BCUT2D eigenvalue weighted by Gasteiger charge is 2.16. The van der Waals surface area contributed by atoms with Gasteiger partial charge in [-0.25, -0.2) is 0 Å². The van der Waals surface area contributed by atoms with Crippen molar-refractivity contribution in [1.82, 2.24) is 4.90 Å². The second-order valence-corrected chi connectivity index (χ2v) is 7.23. The van der Waals surface area contributed by atoms with E-state index in [2.05, 4.69) is 36.1 Å². The number of ether oxygens (including phenoxy) is 2. The van der Waals surface area contributed by atoms with Crippen LogP contribution >= 0.6 is 12.2 Å². The fourth-order valence-corrected chi connectivity index (χ4v) is 3.53. The van der Waals surface area contributed by atoms with E-state index in [-0.39, 0.29) is 0 Å². The SMILES string of the molecule is COc1cc(C(=S)N2CCCCCC2)ccc1OCc1ccc(C)cc1. The largest absolute Gasteiger partial charge is 0.493 e. The minimum absolute atomic E-state index is 0.520. The highest BCUT2D eigenvalue weighted by atomic mass is 32.1. The average Bonchev–Trinajstić information content (AvgIpc) is 2.96. The van der Waals surface area contributed by atoms with Crippen LogP contribution in [0.4, 0.5) is 0 Å². The number of nitrogens with zero attached hydrogens (tertiary/aromatic N) is 1. The monoisotopic (exact) mass is 369 g/mol. The zero-order valence-electron chi connectivity index (χ0n) is 15.7. The molecule has 0 unspecified atom stereocenters. The Balaban J connectivity index is 1.70. The van der Waals surface area contributed by atoms with Gasteiger partial charge in [0, 0.05) is 18.7 Å². The van der Waals surface area contributed by atoms with Gasteiger partial charge in [-0.1, -0.05) is 54.9 Å². The lowest BCUT2D eigenvalue weighted by molar-refractivity contribution is 0.284. The molecule has 0 amide bonds. The quantitative estimate of drug-likeness (QED) is 0.681. The lowest BCUT2D eigenvalue weighted by Gasteiger charge is -2.24. The summed E-state index contributed by atoms with van der Waals surface area (Å²) in [5.41, 5.74) is 3.42. The Morgan fingerprint density at radius 2 is 1.65 bits per heavy atom. The van der Waals surface area contributed by atoms with Gasteiger partial charge in [-0.05, 0) is 43.5 Å². The molecule has 1 aliphatic heterocycles. The first-order valence-electron chi connectivity index (χ1n) is 9.33. The predicted molar refractivity (Wildman–Crippen MR) is 110 cm³/mol. The van der Waals surface area contributed by atoms with Crippen molar-refractivity contribution >= 4 is 17.2 Å². The van der Waals surface area contributed by atoms with E-state index in [1.54, 1.807) is 7.11 Å². The van der Waals surface area contributed by atoms with E-state index in [4.69, 9.17) is 21.7 Å². The van der Waals surface area contributed by atoms with Gasteiger partial charge in [0.05, 0.1) is 7.11 Å². The van der Waals surface area contributed by atoms with Crippen molar-refractivity contribution in [3.63, 3.8) is 0 Å². The lowest BCUT2D eigenvalue weighted by Crippen LogP contribution is -2.31. The van der Waals surface area contributed by atoms with E-state index in [9.17, 15) is 0 Å². The molecule has 3 nitrogen and oxygen atoms in total. The molecule has 2 aromatic carbocycles. The molecule has 0 bridgehead atoms. The predicted octanol–water partition coefficient (Wildman–Crippen LogP) is 5.13. The minimum atomic E-state index is 0.520. The number of hydrogen-bond acceptors (Lipinski definition) is 3. The van der Waals surface area contributed by atoms with Crippen LogP contribution in [0.25, 0.3) is 0 Å². The van der Waals surface area contributed by atoms with Gasteiger partial charge < -0.3 is 14.4 Å². The molecule has 0 saturated carbocycles. The summed E-state index contributed by atoms with van der Waals surface area (Å²) in [6.07, 6.45) is 5.03. The van der Waals surface area contributed by atoms with E-state index < -0.39 is 0 Å². The van der Waals surface area contributed by atoms with Gasteiger partial charge in [-0.2, -0.15) is 0 Å². The van der Waals surface area contributed by atoms with Gasteiger partial charge in [0.2, 0.25) is 0 Å². The molecule has 1 saturated heterocycles. The van der Waals surface area contributed by atoms with Crippen LogP contribution in [0.15, 0.2) is 42.5 Å². The summed E-state index contributed by atoms with van der Waals surface area (Å²) in [5.74, 6) is 1.47. The van der Waals surface area contributed by atoms with Gasteiger partial charge in [-0.15, -0.1) is 0 Å². The number of rotatable bonds is 5. The summed E-state index contributed by atoms with van der Waals surface area (Å²) in [7, 11) is 1.67. The van der Waals surface area contributed by atoms with Crippen molar-refractivity contribution in [3.8, 4) is 11.5 Å². The number of likely N-dealkylation sites (tertiary alicyclic amines) is 1. The number of thiocarbonyl (C=S) groups is 1. The van der Waals surface area contributed by atoms with Crippen molar-refractivity contribution in [2.24, 2.45) is 0 Å². The van der Waals surface area contributed by atoms with Gasteiger partial charge in [-0.3, -0.25) is 0 Å². The molecule has 1 aliphatic rings. The zero-order chi connectivity index (χ0) is 18.4. The molecule has 1 heterocycles.